The van der Waals surface area contributed by atoms with E-state index in [2.05, 4.69) is 33.8 Å². The van der Waals surface area contributed by atoms with E-state index in [0.29, 0.717) is 6.10 Å². The number of hydrogen-bond donors (Lipinski definition) is 2. The number of rotatable bonds is 5. The van der Waals surface area contributed by atoms with Crippen molar-refractivity contribution >= 4 is 22.3 Å². The van der Waals surface area contributed by atoms with E-state index in [1.165, 1.54) is 0 Å². The first-order valence-corrected chi connectivity index (χ1v) is 9.40. The lowest BCUT2D eigenvalue weighted by atomic mass is 10.1. The smallest absolute Gasteiger partial charge is 0.130 e. The highest BCUT2D eigenvalue weighted by Crippen LogP contribution is 2.27. The quantitative estimate of drug-likeness (QED) is 0.702. The maximum atomic E-state index is 6.17. The molecule has 0 spiro atoms. The molecule has 2 N–H and O–H groups in total. The average molecular weight is 363 g/mol. The average Bonchev–Trinajstić information content (AvgIpc) is 2.70. The van der Waals surface area contributed by atoms with Gasteiger partial charge in [-0.05, 0) is 74.1 Å². The van der Waals surface area contributed by atoms with E-state index < -0.39 is 0 Å². The van der Waals surface area contributed by atoms with Crippen LogP contribution in [0.1, 0.15) is 18.4 Å². The summed E-state index contributed by atoms with van der Waals surface area (Å²) in [7, 11) is 1.68. The standard InChI is InChI=1S/C22H25N3O2/c1-15-3-5-18(13-21(15)26-2)25-22-12-17-11-20(6-4-16(17)14-24-22)27-19-7-9-23-10-8-19/h3-6,11-14,19,23H,7-10H2,1-2H3,(H,24,25). The van der Waals surface area contributed by atoms with E-state index in [0.717, 1.165) is 65.3 Å². The van der Waals surface area contributed by atoms with Gasteiger partial charge < -0.3 is 20.1 Å². The lowest BCUT2D eigenvalue weighted by Crippen LogP contribution is -2.34. The molecular formula is C22H25N3O2. The van der Waals surface area contributed by atoms with Crippen LogP contribution in [0.15, 0.2) is 48.7 Å². The normalized spacial score (nSPS) is 14.9. The van der Waals surface area contributed by atoms with Crippen LogP contribution in [-0.4, -0.2) is 31.3 Å². The summed E-state index contributed by atoms with van der Waals surface area (Å²) in [5.74, 6) is 2.58. The van der Waals surface area contributed by atoms with Crippen molar-refractivity contribution in [3.63, 3.8) is 0 Å². The molecule has 0 radical (unpaired) electrons. The molecule has 0 unspecified atom stereocenters. The van der Waals surface area contributed by atoms with Gasteiger partial charge >= 0.3 is 0 Å². The zero-order chi connectivity index (χ0) is 18.6. The molecule has 2 aromatic carbocycles. The number of aromatic nitrogens is 1. The second kappa shape index (κ2) is 7.84. The Hall–Kier alpha value is -2.79. The molecule has 5 nitrogen and oxygen atoms in total. The number of nitrogens with one attached hydrogen (secondary N) is 2. The molecule has 1 saturated heterocycles. The molecule has 3 aromatic rings. The molecule has 0 amide bonds. The fourth-order valence-corrected chi connectivity index (χ4v) is 3.41. The Morgan fingerprint density at radius 3 is 2.70 bits per heavy atom. The summed E-state index contributed by atoms with van der Waals surface area (Å²) in [6.45, 7) is 4.08. The summed E-state index contributed by atoms with van der Waals surface area (Å²) >= 11 is 0. The number of anilines is 2. The molecule has 2 heterocycles. The first-order valence-electron chi connectivity index (χ1n) is 9.40. The Bertz CT molecular complexity index is 936. The van der Waals surface area contributed by atoms with Crippen molar-refractivity contribution in [1.82, 2.24) is 10.3 Å². The molecule has 0 atom stereocenters. The van der Waals surface area contributed by atoms with Crippen LogP contribution in [0.5, 0.6) is 11.5 Å². The van der Waals surface area contributed by atoms with Gasteiger partial charge in [-0.3, -0.25) is 0 Å². The minimum Gasteiger partial charge on any atom is -0.496 e. The van der Waals surface area contributed by atoms with Crippen LogP contribution in [0, 0.1) is 6.92 Å². The predicted octanol–water partition coefficient (Wildman–Crippen LogP) is 4.43. The maximum Gasteiger partial charge on any atom is 0.130 e. The summed E-state index contributed by atoms with van der Waals surface area (Å²) in [6, 6.07) is 14.3. The third-order valence-electron chi connectivity index (χ3n) is 4.96. The SMILES string of the molecule is COc1cc(Nc2cc3cc(OC4CCNCC4)ccc3cn2)ccc1C. The van der Waals surface area contributed by atoms with Crippen molar-refractivity contribution in [2.45, 2.75) is 25.9 Å². The minimum absolute atomic E-state index is 0.295. The fourth-order valence-electron chi connectivity index (χ4n) is 3.41. The Morgan fingerprint density at radius 2 is 1.89 bits per heavy atom. The highest BCUT2D eigenvalue weighted by atomic mass is 16.5. The molecule has 1 aliphatic rings. The van der Waals surface area contributed by atoms with E-state index in [9.17, 15) is 0 Å². The number of pyridine rings is 1. The van der Waals surface area contributed by atoms with Crippen molar-refractivity contribution in [2.75, 3.05) is 25.5 Å². The summed E-state index contributed by atoms with van der Waals surface area (Å²) in [4.78, 5) is 4.52. The number of nitrogens with zero attached hydrogens (tertiary/aromatic N) is 1. The molecule has 0 aliphatic carbocycles. The summed E-state index contributed by atoms with van der Waals surface area (Å²) in [5, 5.41) is 8.93. The van der Waals surface area contributed by atoms with E-state index in [1.807, 2.05) is 37.4 Å². The van der Waals surface area contributed by atoms with E-state index in [-0.39, 0.29) is 0 Å². The third kappa shape index (κ3) is 4.14. The molecule has 140 valence electrons. The highest BCUT2D eigenvalue weighted by Gasteiger charge is 2.14. The van der Waals surface area contributed by atoms with Crippen molar-refractivity contribution in [2.24, 2.45) is 0 Å². The zero-order valence-electron chi connectivity index (χ0n) is 15.8. The molecule has 0 bridgehead atoms. The number of methoxy groups -OCH3 is 1. The molecule has 0 saturated carbocycles. The molecular weight excluding hydrogens is 338 g/mol. The first kappa shape index (κ1) is 17.6. The topological polar surface area (TPSA) is 55.4 Å². The van der Waals surface area contributed by atoms with E-state index in [1.54, 1.807) is 7.11 Å². The van der Waals surface area contributed by atoms with Crippen molar-refractivity contribution in [3.8, 4) is 11.5 Å². The predicted molar refractivity (Wildman–Crippen MR) is 109 cm³/mol. The van der Waals surface area contributed by atoms with Gasteiger partial charge in [-0.25, -0.2) is 4.98 Å². The molecule has 1 aliphatic heterocycles. The lowest BCUT2D eigenvalue weighted by molar-refractivity contribution is 0.162. The van der Waals surface area contributed by atoms with Gasteiger partial charge in [-0.2, -0.15) is 0 Å². The fraction of sp³-hybridized carbons (Fsp3) is 0.318. The van der Waals surface area contributed by atoms with Gasteiger partial charge in [0.2, 0.25) is 0 Å². The van der Waals surface area contributed by atoms with Crippen LogP contribution in [0.3, 0.4) is 0 Å². The van der Waals surface area contributed by atoms with Crippen LogP contribution in [0.2, 0.25) is 0 Å². The zero-order valence-corrected chi connectivity index (χ0v) is 15.8. The van der Waals surface area contributed by atoms with Crippen LogP contribution in [-0.2, 0) is 0 Å². The number of piperidine rings is 1. The van der Waals surface area contributed by atoms with Gasteiger partial charge in [0, 0.05) is 23.3 Å². The molecule has 1 fully saturated rings. The summed E-state index contributed by atoms with van der Waals surface area (Å²) in [6.07, 6.45) is 4.28. The monoisotopic (exact) mass is 363 g/mol. The Balaban J connectivity index is 1.55. The maximum absolute atomic E-state index is 6.17. The molecule has 27 heavy (non-hydrogen) atoms. The van der Waals surface area contributed by atoms with Gasteiger partial charge in [-0.1, -0.05) is 6.07 Å². The van der Waals surface area contributed by atoms with Gasteiger partial charge in [0.25, 0.3) is 0 Å². The third-order valence-corrected chi connectivity index (χ3v) is 4.96. The lowest BCUT2D eigenvalue weighted by Gasteiger charge is -2.24. The van der Waals surface area contributed by atoms with E-state index >= 15 is 0 Å². The minimum atomic E-state index is 0.295. The molecule has 4 rings (SSSR count). The van der Waals surface area contributed by atoms with Crippen molar-refractivity contribution in [3.05, 3.63) is 54.2 Å². The van der Waals surface area contributed by atoms with E-state index in [4.69, 9.17) is 9.47 Å². The molecule has 5 heteroatoms. The summed E-state index contributed by atoms with van der Waals surface area (Å²) < 4.78 is 11.6. The van der Waals surface area contributed by atoms with Gasteiger partial charge in [0.1, 0.15) is 23.4 Å². The number of benzene rings is 2. The van der Waals surface area contributed by atoms with Crippen molar-refractivity contribution < 1.29 is 9.47 Å². The Kier molecular flexibility index (Phi) is 5.12. The van der Waals surface area contributed by atoms with Crippen LogP contribution in [0.4, 0.5) is 11.5 Å². The largest absolute Gasteiger partial charge is 0.496 e. The first-order chi connectivity index (χ1) is 13.2. The van der Waals surface area contributed by atoms with Gasteiger partial charge in [-0.15, -0.1) is 0 Å². The van der Waals surface area contributed by atoms with Crippen molar-refractivity contribution in [1.29, 1.82) is 0 Å². The van der Waals surface area contributed by atoms with Gasteiger partial charge in [0.05, 0.1) is 7.11 Å². The number of ether oxygens (including phenoxy) is 2. The summed E-state index contributed by atoms with van der Waals surface area (Å²) in [5.41, 5.74) is 2.06. The Morgan fingerprint density at radius 1 is 1.04 bits per heavy atom. The van der Waals surface area contributed by atoms with Crippen LogP contribution < -0.4 is 20.1 Å². The number of hydrogen-bond acceptors (Lipinski definition) is 5. The second-order valence-corrected chi connectivity index (χ2v) is 6.96. The highest BCUT2D eigenvalue weighted by molar-refractivity contribution is 5.85. The second-order valence-electron chi connectivity index (χ2n) is 6.96. The van der Waals surface area contributed by atoms with Crippen LogP contribution >= 0.6 is 0 Å². The Labute approximate surface area is 159 Å². The number of fused-ring (bicyclic) bond motifs is 1. The van der Waals surface area contributed by atoms with Gasteiger partial charge in [0.15, 0.2) is 0 Å². The molecule has 1 aromatic heterocycles. The number of aryl methyl sites for hydroxylation is 1. The van der Waals surface area contributed by atoms with Crippen LogP contribution in [0.25, 0.3) is 10.8 Å².